The van der Waals surface area contributed by atoms with Gasteiger partial charge in [-0.15, -0.1) is 3.89 Å². The van der Waals surface area contributed by atoms with Crippen LogP contribution < -0.4 is 0 Å². The van der Waals surface area contributed by atoms with Gasteiger partial charge in [0.05, 0.1) is 25.9 Å². The molecule has 0 aliphatic heterocycles. The Bertz CT molecular complexity index is 737. The normalized spacial score (nSPS) is 13.2. The van der Waals surface area contributed by atoms with Crippen LogP contribution in [0, 0.1) is 0 Å². The molecule has 0 atom stereocenters. The fourth-order valence-corrected chi connectivity index (χ4v) is 3.16. The maximum Gasteiger partial charge on any atom is 0.418 e. The van der Waals surface area contributed by atoms with E-state index in [-0.39, 0.29) is 17.6 Å². The van der Waals surface area contributed by atoms with Gasteiger partial charge in [-0.05, 0) is 18.2 Å². The fraction of sp³-hybridized carbons (Fsp3) is 0.455. The van der Waals surface area contributed by atoms with Crippen LogP contribution in [0.15, 0.2) is 27.5 Å². The molecule has 21 heavy (non-hydrogen) atoms. The smallest absolute Gasteiger partial charge is 0.249 e. The molecule has 0 unspecified atom stereocenters. The molecule has 0 amide bonds. The van der Waals surface area contributed by atoms with Gasteiger partial charge in [0.15, 0.2) is 0 Å². The SMILES string of the molecule is CCS(=O)(CC)=Nc1ccc(S(=O)(=O)F)cc1C(F)(F)F. The second-order valence-corrected chi connectivity index (χ2v) is 8.29. The fourth-order valence-electron chi connectivity index (χ4n) is 1.49. The lowest BCUT2D eigenvalue weighted by molar-refractivity contribution is -0.137. The van der Waals surface area contributed by atoms with Crippen molar-refractivity contribution in [2.45, 2.75) is 24.9 Å². The van der Waals surface area contributed by atoms with Crippen molar-refractivity contribution in [1.82, 2.24) is 0 Å². The molecule has 1 rings (SSSR count). The van der Waals surface area contributed by atoms with Gasteiger partial charge in [0.2, 0.25) is 0 Å². The van der Waals surface area contributed by atoms with Gasteiger partial charge in [-0.3, -0.25) is 0 Å². The summed E-state index contributed by atoms with van der Waals surface area (Å²) in [4.78, 5) is -1.12. The van der Waals surface area contributed by atoms with Crippen molar-refractivity contribution in [3.05, 3.63) is 23.8 Å². The van der Waals surface area contributed by atoms with Crippen LogP contribution in [-0.4, -0.2) is 24.1 Å². The van der Waals surface area contributed by atoms with E-state index >= 15 is 0 Å². The molecular weight excluding hydrogens is 334 g/mol. The molecule has 120 valence electrons. The Morgan fingerprint density at radius 1 is 1.10 bits per heavy atom. The van der Waals surface area contributed by atoms with Crippen LogP contribution in [0.2, 0.25) is 0 Å². The quantitative estimate of drug-likeness (QED) is 0.618. The number of nitrogens with zero attached hydrogens (tertiary/aromatic N) is 1. The van der Waals surface area contributed by atoms with Crippen LogP contribution in [0.4, 0.5) is 22.7 Å². The van der Waals surface area contributed by atoms with E-state index in [2.05, 4.69) is 4.36 Å². The molecule has 0 heterocycles. The van der Waals surface area contributed by atoms with Crippen LogP contribution >= 0.6 is 0 Å². The average Bonchev–Trinajstić information content (AvgIpc) is 2.36. The van der Waals surface area contributed by atoms with Gasteiger partial charge in [-0.2, -0.15) is 26.0 Å². The largest absolute Gasteiger partial charge is 0.418 e. The molecule has 1 aromatic carbocycles. The van der Waals surface area contributed by atoms with Crippen LogP contribution in [0.5, 0.6) is 0 Å². The molecule has 0 aliphatic carbocycles. The lowest BCUT2D eigenvalue weighted by Crippen LogP contribution is -2.09. The topological polar surface area (TPSA) is 63.6 Å². The standard InChI is InChI=1S/C11H13F4NO3S2/c1-3-20(17,4-2)16-10-6-5-8(21(15,18)19)7-9(10)11(12,13)14/h5-7H,3-4H2,1-2H3. The number of hydrogen-bond donors (Lipinski definition) is 0. The van der Waals surface area contributed by atoms with Crippen molar-refractivity contribution in [3.63, 3.8) is 0 Å². The lowest BCUT2D eigenvalue weighted by Gasteiger charge is -2.12. The van der Waals surface area contributed by atoms with Gasteiger partial charge in [0, 0.05) is 11.5 Å². The first-order valence-electron chi connectivity index (χ1n) is 5.81. The molecule has 1 aromatic rings. The van der Waals surface area contributed by atoms with E-state index in [1.54, 1.807) is 0 Å². The van der Waals surface area contributed by atoms with Crippen LogP contribution in [0.25, 0.3) is 0 Å². The number of hydrogen-bond acceptors (Lipinski definition) is 4. The number of alkyl halides is 3. The molecule has 10 heteroatoms. The summed E-state index contributed by atoms with van der Waals surface area (Å²) in [6, 6.07) is 1.52. The van der Waals surface area contributed by atoms with Crippen molar-refractivity contribution in [1.29, 1.82) is 0 Å². The Morgan fingerprint density at radius 3 is 2.00 bits per heavy atom. The molecule has 0 N–H and O–H groups in total. The number of halogens is 4. The first-order chi connectivity index (χ1) is 9.43. The number of rotatable bonds is 4. The zero-order chi connectivity index (χ0) is 16.5. The monoisotopic (exact) mass is 347 g/mol. The molecule has 0 saturated carbocycles. The van der Waals surface area contributed by atoms with Crippen molar-refractivity contribution >= 4 is 25.6 Å². The van der Waals surface area contributed by atoms with E-state index in [1.165, 1.54) is 13.8 Å². The molecule has 0 aromatic heterocycles. The molecule has 0 spiro atoms. The molecule has 4 nitrogen and oxygen atoms in total. The Hall–Kier alpha value is -1.16. The summed E-state index contributed by atoms with van der Waals surface area (Å²) in [5, 5.41) is 0. The van der Waals surface area contributed by atoms with E-state index in [4.69, 9.17) is 0 Å². The summed E-state index contributed by atoms with van der Waals surface area (Å²) < 4.78 is 88.7. The zero-order valence-electron chi connectivity index (χ0n) is 11.1. The highest BCUT2D eigenvalue weighted by Crippen LogP contribution is 2.38. The van der Waals surface area contributed by atoms with Crippen LogP contribution in [0.3, 0.4) is 0 Å². The van der Waals surface area contributed by atoms with E-state index in [0.717, 1.165) is 0 Å². The highest BCUT2D eigenvalue weighted by atomic mass is 32.3. The molecular formula is C11H13F4NO3S2. The second-order valence-electron chi connectivity index (χ2n) is 4.06. The Kier molecular flexibility index (Phi) is 5.04. The highest BCUT2D eigenvalue weighted by molar-refractivity contribution is 7.93. The summed E-state index contributed by atoms with van der Waals surface area (Å²) >= 11 is 0. The van der Waals surface area contributed by atoms with Crippen molar-refractivity contribution in [2.24, 2.45) is 4.36 Å². The predicted octanol–water partition coefficient (Wildman–Crippen LogP) is 3.50. The minimum Gasteiger partial charge on any atom is -0.249 e. The summed E-state index contributed by atoms with van der Waals surface area (Å²) in [6.45, 7) is 3.03. The maximum atomic E-state index is 12.9. The number of benzene rings is 1. The first-order valence-corrected chi connectivity index (χ1v) is 9.05. The van der Waals surface area contributed by atoms with Gasteiger partial charge in [-0.1, -0.05) is 13.8 Å². The van der Waals surface area contributed by atoms with Gasteiger partial charge in [0.1, 0.15) is 0 Å². The van der Waals surface area contributed by atoms with Crippen molar-refractivity contribution < 1.29 is 29.7 Å². The van der Waals surface area contributed by atoms with Gasteiger partial charge in [-0.25, -0.2) is 4.21 Å². The van der Waals surface area contributed by atoms with Crippen LogP contribution in [-0.2, 0) is 26.1 Å². The predicted molar refractivity (Wildman–Crippen MR) is 71.1 cm³/mol. The second kappa shape index (κ2) is 5.91. The average molecular weight is 347 g/mol. The highest BCUT2D eigenvalue weighted by Gasteiger charge is 2.35. The Morgan fingerprint density at radius 2 is 1.62 bits per heavy atom. The summed E-state index contributed by atoms with van der Waals surface area (Å²) in [7, 11) is -8.14. The maximum absolute atomic E-state index is 12.9. The van der Waals surface area contributed by atoms with Crippen molar-refractivity contribution in [2.75, 3.05) is 11.5 Å². The van der Waals surface area contributed by atoms with Gasteiger partial charge < -0.3 is 0 Å². The zero-order valence-corrected chi connectivity index (χ0v) is 12.8. The minimum atomic E-state index is -5.27. The van der Waals surface area contributed by atoms with Crippen LogP contribution in [0.1, 0.15) is 19.4 Å². The Balaban J connectivity index is 3.67. The summed E-state index contributed by atoms with van der Waals surface area (Å²) in [5.41, 5.74) is -2.10. The molecule has 0 bridgehead atoms. The lowest BCUT2D eigenvalue weighted by atomic mass is 10.2. The van der Waals surface area contributed by atoms with Gasteiger partial charge in [0.25, 0.3) is 0 Å². The third kappa shape index (κ3) is 4.40. The first kappa shape index (κ1) is 17.9. The third-order valence-electron chi connectivity index (χ3n) is 2.72. The third-order valence-corrected chi connectivity index (χ3v) is 5.87. The summed E-state index contributed by atoms with van der Waals surface area (Å²) in [5.74, 6) is 0.0912. The summed E-state index contributed by atoms with van der Waals surface area (Å²) in [6.07, 6.45) is -4.94. The Labute approximate surface area is 120 Å². The van der Waals surface area contributed by atoms with E-state index < -0.39 is 42.3 Å². The molecule has 0 radical (unpaired) electrons. The minimum absolute atomic E-state index is 0.0456. The molecule has 0 fully saturated rings. The molecule has 0 aliphatic rings. The van der Waals surface area contributed by atoms with E-state index in [1.807, 2.05) is 0 Å². The van der Waals surface area contributed by atoms with Crippen molar-refractivity contribution in [3.8, 4) is 0 Å². The van der Waals surface area contributed by atoms with E-state index in [9.17, 15) is 29.7 Å². The van der Waals surface area contributed by atoms with E-state index in [0.29, 0.717) is 12.1 Å². The van der Waals surface area contributed by atoms with Gasteiger partial charge >= 0.3 is 16.4 Å². The molecule has 0 saturated heterocycles.